The third-order valence-corrected chi connectivity index (χ3v) is 7.52. The number of piperazine rings is 1. The van der Waals surface area contributed by atoms with Crippen LogP contribution in [0.2, 0.25) is 0 Å². The molecular formula is C27H30N2O6. The molecule has 35 heavy (non-hydrogen) atoms. The molecule has 3 aliphatic rings. The Morgan fingerprint density at radius 1 is 1.17 bits per heavy atom. The molecule has 8 heteroatoms. The van der Waals surface area contributed by atoms with Gasteiger partial charge in [-0.25, -0.2) is 0 Å². The van der Waals surface area contributed by atoms with Crippen LogP contribution >= 0.6 is 0 Å². The third kappa shape index (κ3) is 3.54. The monoisotopic (exact) mass is 478 g/mol. The molecule has 5 rings (SSSR count). The molecule has 0 spiro atoms. The van der Waals surface area contributed by atoms with Crippen LogP contribution in [0.15, 0.2) is 42.5 Å². The van der Waals surface area contributed by atoms with Crippen LogP contribution < -0.4 is 9.47 Å². The molecule has 0 saturated carbocycles. The Kier molecular flexibility index (Phi) is 5.69. The highest BCUT2D eigenvalue weighted by atomic mass is 16.5. The normalized spacial score (nSPS) is 27.0. The predicted octanol–water partition coefficient (Wildman–Crippen LogP) is 2.88. The summed E-state index contributed by atoms with van der Waals surface area (Å²) in [6.45, 7) is 6.05. The summed E-state index contributed by atoms with van der Waals surface area (Å²) in [5.41, 5.74) is 1.35. The van der Waals surface area contributed by atoms with Crippen molar-refractivity contribution in [1.82, 2.24) is 9.80 Å². The van der Waals surface area contributed by atoms with E-state index in [4.69, 9.17) is 14.2 Å². The van der Waals surface area contributed by atoms with Crippen LogP contribution in [0.4, 0.5) is 0 Å². The van der Waals surface area contributed by atoms with Crippen LogP contribution in [0.3, 0.4) is 0 Å². The lowest BCUT2D eigenvalue weighted by molar-refractivity contribution is -0.170. The summed E-state index contributed by atoms with van der Waals surface area (Å²) in [5.74, 6) is -0.738. The first-order chi connectivity index (χ1) is 16.8. The Bertz CT molecular complexity index is 1180. The van der Waals surface area contributed by atoms with E-state index in [1.165, 1.54) is 0 Å². The summed E-state index contributed by atoms with van der Waals surface area (Å²) < 4.78 is 16.7. The fraction of sp³-hybridized carbons (Fsp3) is 0.444. The molecule has 4 atom stereocenters. The molecule has 0 aliphatic carbocycles. The average Bonchev–Trinajstić information content (AvgIpc) is 3.13. The Balaban J connectivity index is 1.57. The highest BCUT2D eigenvalue weighted by Gasteiger charge is 2.69. The van der Waals surface area contributed by atoms with Crippen LogP contribution in [0.5, 0.6) is 11.5 Å². The van der Waals surface area contributed by atoms with Crippen molar-refractivity contribution in [2.24, 2.45) is 11.8 Å². The summed E-state index contributed by atoms with van der Waals surface area (Å²) in [6, 6.07) is 12.8. The Hall–Kier alpha value is -3.55. The van der Waals surface area contributed by atoms with E-state index in [0.717, 1.165) is 16.7 Å². The number of fused-ring (bicyclic) bond motifs is 5. The molecular weight excluding hydrogens is 448 g/mol. The summed E-state index contributed by atoms with van der Waals surface area (Å²) in [7, 11) is 1.59. The number of nitrogens with zero attached hydrogens (tertiary/aromatic N) is 2. The molecule has 2 saturated heterocycles. The number of rotatable bonds is 5. The number of methoxy groups -OCH3 is 1. The predicted molar refractivity (Wildman–Crippen MR) is 127 cm³/mol. The standard InChI is InChI=1S/C27H30N2O6/c1-5-34-25(31)23-20-15-35-21-11-6-16(2)12-19(21)24(20)29-22(30)14-28(26(32)27(23,29)3)13-17-7-9-18(33-4)10-8-17/h6-12,20,23-24H,5,13-15H2,1-4H3/t20?,23?,24?,27-/m1/s1. The lowest BCUT2D eigenvalue weighted by Gasteiger charge is -2.47. The molecule has 0 bridgehead atoms. The summed E-state index contributed by atoms with van der Waals surface area (Å²) in [6.07, 6.45) is 0. The lowest BCUT2D eigenvalue weighted by Crippen LogP contribution is -2.67. The van der Waals surface area contributed by atoms with E-state index in [0.29, 0.717) is 11.5 Å². The molecule has 0 radical (unpaired) electrons. The number of benzene rings is 2. The maximum atomic E-state index is 14.1. The van der Waals surface area contributed by atoms with Gasteiger partial charge in [-0.15, -0.1) is 0 Å². The van der Waals surface area contributed by atoms with E-state index >= 15 is 0 Å². The van der Waals surface area contributed by atoms with E-state index in [9.17, 15) is 14.4 Å². The van der Waals surface area contributed by atoms with E-state index in [1.807, 2.05) is 49.4 Å². The van der Waals surface area contributed by atoms with Crippen LogP contribution in [0, 0.1) is 18.8 Å². The number of hydrogen-bond acceptors (Lipinski definition) is 6. The van der Waals surface area contributed by atoms with E-state index in [2.05, 4.69) is 0 Å². The van der Waals surface area contributed by atoms with Gasteiger partial charge in [-0.1, -0.05) is 29.8 Å². The van der Waals surface area contributed by atoms with Gasteiger partial charge in [0.25, 0.3) is 0 Å². The Morgan fingerprint density at radius 2 is 1.91 bits per heavy atom. The second kappa shape index (κ2) is 8.59. The van der Waals surface area contributed by atoms with Crippen molar-refractivity contribution in [1.29, 1.82) is 0 Å². The summed E-state index contributed by atoms with van der Waals surface area (Å²) in [5, 5.41) is 0. The number of aryl methyl sites for hydroxylation is 1. The van der Waals surface area contributed by atoms with E-state index in [1.54, 1.807) is 30.8 Å². The maximum absolute atomic E-state index is 14.1. The van der Waals surface area contributed by atoms with Gasteiger partial charge in [0.15, 0.2) is 0 Å². The van der Waals surface area contributed by atoms with Crippen LogP contribution in [-0.2, 0) is 25.7 Å². The topological polar surface area (TPSA) is 85.4 Å². The second-order valence-electron chi connectivity index (χ2n) is 9.61. The minimum atomic E-state index is -1.38. The Morgan fingerprint density at radius 3 is 2.60 bits per heavy atom. The number of carbonyl (C=O) groups excluding carboxylic acids is 3. The smallest absolute Gasteiger partial charge is 0.312 e. The van der Waals surface area contributed by atoms with E-state index < -0.39 is 23.5 Å². The van der Waals surface area contributed by atoms with Crippen molar-refractivity contribution in [3.8, 4) is 11.5 Å². The minimum absolute atomic E-state index is 0.0543. The zero-order chi connectivity index (χ0) is 24.9. The van der Waals surface area contributed by atoms with Gasteiger partial charge < -0.3 is 24.0 Å². The number of hydrogen-bond donors (Lipinski definition) is 0. The number of amides is 2. The minimum Gasteiger partial charge on any atom is -0.497 e. The van der Waals surface area contributed by atoms with Crippen molar-refractivity contribution < 1.29 is 28.6 Å². The zero-order valence-corrected chi connectivity index (χ0v) is 20.4. The SMILES string of the molecule is CCOC(=O)C1C2COc3ccc(C)cc3C2N2C(=O)CN(Cc3ccc(OC)cc3)C(=O)[C@@]12C. The molecule has 2 fully saturated rings. The molecule has 8 nitrogen and oxygen atoms in total. The molecule has 2 aromatic rings. The van der Waals surface area contributed by atoms with Crippen LogP contribution in [0.25, 0.3) is 0 Å². The van der Waals surface area contributed by atoms with Gasteiger partial charge in [0.05, 0.1) is 32.3 Å². The highest BCUT2D eigenvalue weighted by molar-refractivity contribution is 6.02. The number of esters is 1. The molecule has 3 unspecified atom stereocenters. The molecule has 0 N–H and O–H groups in total. The molecule has 0 aromatic heterocycles. The molecule has 2 aromatic carbocycles. The van der Waals surface area contributed by atoms with Gasteiger partial charge in [-0.05, 0) is 44.5 Å². The van der Waals surface area contributed by atoms with Crippen LogP contribution in [-0.4, -0.2) is 60.0 Å². The largest absolute Gasteiger partial charge is 0.497 e. The van der Waals surface area contributed by atoms with Gasteiger partial charge in [-0.3, -0.25) is 14.4 Å². The molecule has 184 valence electrons. The fourth-order valence-corrected chi connectivity index (χ4v) is 6.00. The second-order valence-corrected chi connectivity index (χ2v) is 9.61. The summed E-state index contributed by atoms with van der Waals surface area (Å²) in [4.78, 5) is 44.3. The highest BCUT2D eigenvalue weighted by Crippen LogP contribution is 2.56. The number of carbonyl (C=O) groups is 3. The first kappa shape index (κ1) is 23.2. The molecule has 2 amide bonds. The summed E-state index contributed by atoms with van der Waals surface area (Å²) >= 11 is 0. The quantitative estimate of drug-likeness (QED) is 0.615. The third-order valence-electron chi connectivity index (χ3n) is 7.52. The van der Waals surface area contributed by atoms with Crippen LogP contribution in [0.1, 0.15) is 36.6 Å². The maximum Gasteiger partial charge on any atom is 0.312 e. The average molecular weight is 479 g/mol. The lowest BCUT2D eigenvalue weighted by atomic mass is 9.77. The van der Waals surface area contributed by atoms with Gasteiger partial charge in [0.2, 0.25) is 11.8 Å². The first-order valence-corrected chi connectivity index (χ1v) is 11.9. The van der Waals surface area contributed by atoms with Crippen molar-refractivity contribution in [2.75, 3.05) is 26.9 Å². The fourth-order valence-electron chi connectivity index (χ4n) is 6.00. The number of ether oxygens (including phenoxy) is 3. The molecule has 3 aliphatic heterocycles. The van der Waals surface area contributed by atoms with Gasteiger partial charge >= 0.3 is 5.97 Å². The van der Waals surface area contributed by atoms with Crippen molar-refractivity contribution in [2.45, 2.75) is 38.9 Å². The van der Waals surface area contributed by atoms with Gasteiger partial charge in [0.1, 0.15) is 23.6 Å². The molecule has 3 heterocycles. The zero-order valence-electron chi connectivity index (χ0n) is 20.4. The van der Waals surface area contributed by atoms with Gasteiger partial charge in [-0.2, -0.15) is 0 Å². The van der Waals surface area contributed by atoms with Crippen molar-refractivity contribution in [3.05, 3.63) is 59.2 Å². The van der Waals surface area contributed by atoms with E-state index in [-0.39, 0.29) is 44.0 Å². The first-order valence-electron chi connectivity index (χ1n) is 11.9. The van der Waals surface area contributed by atoms with Gasteiger partial charge in [0, 0.05) is 18.0 Å². The van der Waals surface area contributed by atoms with Crippen molar-refractivity contribution in [3.63, 3.8) is 0 Å². The Labute approximate surface area is 204 Å². The van der Waals surface area contributed by atoms with Crippen molar-refractivity contribution >= 4 is 17.8 Å².